The zero-order valence-electron chi connectivity index (χ0n) is 16.8. The summed E-state index contributed by atoms with van der Waals surface area (Å²) < 4.78 is 0. The van der Waals surface area contributed by atoms with Crippen LogP contribution in [0.5, 0.6) is 0 Å². The number of nitrogens with zero attached hydrogens (tertiary/aromatic N) is 3. The van der Waals surface area contributed by atoms with Gasteiger partial charge >= 0.3 is 6.03 Å². The van der Waals surface area contributed by atoms with Gasteiger partial charge in [0.15, 0.2) is 0 Å². The van der Waals surface area contributed by atoms with Gasteiger partial charge in [0, 0.05) is 53.4 Å². The van der Waals surface area contributed by atoms with Crippen LogP contribution in [0.2, 0.25) is 5.02 Å². The molecule has 0 saturated carbocycles. The number of hydrogen-bond donors (Lipinski definition) is 2. The van der Waals surface area contributed by atoms with Gasteiger partial charge in [-0.05, 0) is 54.8 Å². The fourth-order valence-electron chi connectivity index (χ4n) is 3.55. The summed E-state index contributed by atoms with van der Waals surface area (Å²) in [4.78, 5) is 34.9. The minimum atomic E-state index is -0.257. The first-order valence-electron chi connectivity index (χ1n) is 10.1. The van der Waals surface area contributed by atoms with Crippen molar-refractivity contribution in [2.75, 3.05) is 18.4 Å². The highest BCUT2D eigenvalue weighted by Crippen LogP contribution is 2.20. The third kappa shape index (κ3) is 5.38. The van der Waals surface area contributed by atoms with Gasteiger partial charge in [0.2, 0.25) is 0 Å². The maximum absolute atomic E-state index is 12.8. The van der Waals surface area contributed by atoms with Crippen LogP contribution in [0.25, 0.3) is 11.1 Å². The molecule has 3 amide bonds. The van der Waals surface area contributed by atoms with Gasteiger partial charge in [-0.15, -0.1) is 0 Å². The molecule has 0 aliphatic carbocycles. The highest BCUT2D eigenvalue weighted by atomic mass is 35.5. The number of likely N-dealkylation sites (tertiary alicyclic amines) is 1. The second kappa shape index (κ2) is 9.57. The number of piperidine rings is 1. The summed E-state index contributed by atoms with van der Waals surface area (Å²) >= 11 is 5.86. The van der Waals surface area contributed by atoms with Crippen LogP contribution in [0.15, 0.2) is 67.3 Å². The molecule has 1 fully saturated rings. The number of aromatic nitrogens is 2. The molecule has 0 bridgehead atoms. The van der Waals surface area contributed by atoms with E-state index in [0.29, 0.717) is 42.2 Å². The summed E-state index contributed by atoms with van der Waals surface area (Å²) in [6.45, 7) is 1.19. The fourth-order valence-corrected chi connectivity index (χ4v) is 3.67. The first-order chi connectivity index (χ1) is 15.1. The largest absolute Gasteiger partial charge is 0.338 e. The smallest absolute Gasteiger partial charge is 0.319 e. The van der Waals surface area contributed by atoms with Crippen LogP contribution >= 0.6 is 11.6 Å². The van der Waals surface area contributed by atoms with E-state index >= 15 is 0 Å². The van der Waals surface area contributed by atoms with Gasteiger partial charge in [-0.2, -0.15) is 0 Å². The zero-order valence-corrected chi connectivity index (χ0v) is 17.5. The predicted octanol–water partition coefficient (Wildman–Crippen LogP) is 4.22. The second-order valence-corrected chi connectivity index (χ2v) is 7.81. The van der Waals surface area contributed by atoms with Gasteiger partial charge in [-0.3, -0.25) is 4.79 Å². The quantitative estimate of drug-likeness (QED) is 0.642. The Balaban J connectivity index is 1.27. The van der Waals surface area contributed by atoms with Crippen LogP contribution in [-0.4, -0.2) is 45.9 Å². The standard InChI is InChI=1S/C23H22ClN5O2/c24-19-5-7-20(8-6-19)27-23(31)28-21-9-11-29(12-10-21)22(30)17-3-1-16(2-4-17)18-13-25-15-26-14-18/h1-8,13-15,21H,9-12H2,(H2,27,28,31). The molecule has 1 aliphatic heterocycles. The van der Waals surface area contributed by atoms with Gasteiger partial charge in [-0.25, -0.2) is 14.8 Å². The normalized spacial score (nSPS) is 14.2. The summed E-state index contributed by atoms with van der Waals surface area (Å²) in [6, 6.07) is 14.2. The molecule has 0 spiro atoms. The van der Waals surface area contributed by atoms with Crippen LogP contribution in [0.1, 0.15) is 23.2 Å². The van der Waals surface area contributed by atoms with Crippen molar-refractivity contribution < 1.29 is 9.59 Å². The number of anilines is 1. The lowest BCUT2D eigenvalue weighted by Crippen LogP contribution is -2.47. The van der Waals surface area contributed by atoms with Crippen molar-refractivity contribution in [2.45, 2.75) is 18.9 Å². The minimum Gasteiger partial charge on any atom is -0.338 e. The van der Waals surface area contributed by atoms with E-state index in [1.165, 1.54) is 6.33 Å². The average Bonchev–Trinajstić information content (AvgIpc) is 2.81. The zero-order chi connectivity index (χ0) is 21.6. The van der Waals surface area contributed by atoms with E-state index in [2.05, 4.69) is 20.6 Å². The Bertz CT molecular complexity index is 1030. The number of carbonyl (C=O) groups is 2. The monoisotopic (exact) mass is 435 g/mol. The van der Waals surface area contributed by atoms with E-state index in [9.17, 15) is 9.59 Å². The lowest BCUT2D eigenvalue weighted by atomic mass is 10.0. The first-order valence-corrected chi connectivity index (χ1v) is 10.4. The molecule has 0 unspecified atom stereocenters. The Morgan fingerprint density at radius 1 is 0.903 bits per heavy atom. The van der Waals surface area contributed by atoms with Crippen LogP contribution in [-0.2, 0) is 0 Å². The predicted molar refractivity (Wildman–Crippen MR) is 120 cm³/mol. The van der Waals surface area contributed by atoms with E-state index in [-0.39, 0.29) is 18.0 Å². The molecule has 158 valence electrons. The van der Waals surface area contributed by atoms with E-state index in [0.717, 1.165) is 11.1 Å². The van der Waals surface area contributed by atoms with Gasteiger partial charge in [0.25, 0.3) is 5.91 Å². The fraction of sp³-hybridized carbons (Fsp3) is 0.217. The molecule has 1 aliphatic rings. The highest BCUT2D eigenvalue weighted by molar-refractivity contribution is 6.30. The molecule has 31 heavy (non-hydrogen) atoms. The summed E-state index contributed by atoms with van der Waals surface area (Å²) in [6.07, 6.45) is 6.38. The molecule has 2 heterocycles. The Morgan fingerprint density at radius 3 is 2.19 bits per heavy atom. The van der Waals surface area contributed by atoms with Gasteiger partial charge in [0.1, 0.15) is 6.33 Å². The molecule has 4 rings (SSSR count). The molecule has 3 aromatic rings. The van der Waals surface area contributed by atoms with Crippen molar-refractivity contribution in [1.29, 1.82) is 0 Å². The van der Waals surface area contributed by atoms with Crippen molar-refractivity contribution in [1.82, 2.24) is 20.2 Å². The minimum absolute atomic E-state index is 0.0000672. The number of urea groups is 1. The number of benzene rings is 2. The molecule has 2 aromatic carbocycles. The maximum Gasteiger partial charge on any atom is 0.319 e. The number of amides is 3. The molecule has 0 radical (unpaired) electrons. The average molecular weight is 436 g/mol. The van der Waals surface area contributed by atoms with Crippen LogP contribution in [0.4, 0.5) is 10.5 Å². The van der Waals surface area contributed by atoms with Crippen LogP contribution in [0, 0.1) is 0 Å². The van der Waals surface area contributed by atoms with E-state index in [1.807, 2.05) is 29.2 Å². The SMILES string of the molecule is O=C(Nc1ccc(Cl)cc1)NC1CCN(C(=O)c2ccc(-c3cncnc3)cc2)CC1. The van der Waals surface area contributed by atoms with Crippen molar-refractivity contribution in [3.05, 3.63) is 77.8 Å². The highest BCUT2D eigenvalue weighted by Gasteiger charge is 2.24. The lowest BCUT2D eigenvalue weighted by Gasteiger charge is -2.32. The Kier molecular flexibility index (Phi) is 6.43. The Labute approximate surface area is 185 Å². The summed E-state index contributed by atoms with van der Waals surface area (Å²) in [5.41, 5.74) is 3.20. The topological polar surface area (TPSA) is 87.2 Å². The van der Waals surface area contributed by atoms with Crippen LogP contribution in [0.3, 0.4) is 0 Å². The van der Waals surface area contributed by atoms with Gasteiger partial charge in [0.05, 0.1) is 0 Å². The Morgan fingerprint density at radius 2 is 1.55 bits per heavy atom. The summed E-state index contributed by atoms with van der Waals surface area (Å²) in [7, 11) is 0. The number of rotatable bonds is 4. The number of hydrogen-bond acceptors (Lipinski definition) is 4. The first kappa shape index (κ1) is 20.8. The van der Waals surface area contributed by atoms with E-state index < -0.39 is 0 Å². The molecule has 0 atom stereocenters. The number of nitrogens with one attached hydrogen (secondary N) is 2. The van der Waals surface area contributed by atoms with E-state index in [1.54, 1.807) is 36.7 Å². The van der Waals surface area contributed by atoms with Crippen LogP contribution < -0.4 is 10.6 Å². The van der Waals surface area contributed by atoms with Crippen molar-refractivity contribution in [2.24, 2.45) is 0 Å². The maximum atomic E-state index is 12.8. The Hall–Kier alpha value is -3.45. The lowest BCUT2D eigenvalue weighted by molar-refractivity contribution is 0.0709. The van der Waals surface area contributed by atoms with Gasteiger partial charge < -0.3 is 15.5 Å². The van der Waals surface area contributed by atoms with Crippen molar-refractivity contribution in [3.63, 3.8) is 0 Å². The summed E-state index contributed by atoms with van der Waals surface area (Å²) in [5.74, 6) is -0.0000672. The molecular weight excluding hydrogens is 414 g/mol. The third-order valence-electron chi connectivity index (χ3n) is 5.25. The molecule has 2 N–H and O–H groups in total. The number of carbonyl (C=O) groups excluding carboxylic acids is 2. The van der Waals surface area contributed by atoms with E-state index in [4.69, 9.17) is 11.6 Å². The van der Waals surface area contributed by atoms with Gasteiger partial charge in [-0.1, -0.05) is 23.7 Å². The molecule has 7 nitrogen and oxygen atoms in total. The summed E-state index contributed by atoms with van der Waals surface area (Å²) in [5, 5.41) is 6.39. The molecular formula is C23H22ClN5O2. The molecule has 1 aromatic heterocycles. The second-order valence-electron chi connectivity index (χ2n) is 7.38. The van der Waals surface area contributed by atoms with Crippen molar-refractivity contribution in [3.8, 4) is 11.1 Å². The molecule has 8 heteroatoms. The third-order valence-corrected chi connectivity index (χ3v) is 5.50. The molecule has 1 saturated heterocycles. The van der Waals surface area contributed by atoms with Crippen molar-refractivity contribution >= 4 is 29.2 Å². The number of halogens is 1.